The summed E-state index contributed by atoms with van der Waals surface area (Å²) in [5, 5.41) is 10.6. The van der Waals surface area contributed by atoms with Gasteiger partial charge in [0.2, 0.25) is 9.84 Å². The summed E-state index contributed by atoms with van der Waals surface area (Å²) >= 11 is 0. The van der Waals surface area contributed by atoms with Crippen molar-refractivity contribution in [1.29, 1.82) is 5.26 Å². The van der Waals surface area contributed by atoms with Crippen LogP contribution < -0.4 is 4.90 Å². The number of aromatic nitrogens is 1. The van der Waals surface area contributed by atoms with Crippen LogP contribution in [0.5, 0.6) is 0 Å². The molecule has 2 aromatic carbocycles. The van der Waals surface area contributed by atoms with Gasteiger partial charge in [-0.15, -0.1) is 0 Å². The highest BCUT2D eigenvalue weighted by molar-refractivity contribution is 7.91. The van der Waals surface area contributed by atoms with Crippen molar-refractivity contribution in [2.45, 2.75) is 47.3 Å². The Morgan fingerprint density at radius 3 is 2.20 bits per heavy atom. The number of hydrogen-bond acceptors (Lipinski definition) is 6. The van der Waals surface area contributed by atoms with Crippen molar-refractivity contribution in [3.8, 4) is 6.07 Å². The lowest BCUT2D eigenvalue weighted by Gasteiger charge is -2.47. The smallest absolute Gasteiger partial charge is 0.206 e. The molecule has 3 fully saturated rings. The minimum atomic E-state index is -3.53. The van der Waals surface area contributed by atoms with Gasteiger partial charge >= 0.3 is 0 Å². The average molecular weight is 554 g/mol. The molecule has 2 saturated heterocycles. The third kappa shape index (κ3) is 5.04. The highest BCUT2D eigenvalue weighted by Crippen LogP contribution is 2.49. The maximum atomic E-state index is 12.9. The number of likely N-dealkylation sites (tertiary alicyclic amines) is 1. The monoisotopic (exact) mass is 553 g/mol. The number of nitrogens with zero attached hydrogens (tertiary/aromatic N) is 4. The van der Waals surface area contributed by atoms with Crippen molar-refractivity contribution in [2.24, 2.45) is 17.8 Å². The third-order valence-electron chi connectivity index (χ3n) is 9.37. The lowest BCUT2D eigenvalue weighted by atomic mass is 9.60. The van der Waals surface area contributed by atoms with Gasteiger partial charge in [-0.1, -0.05) is 36.8 Å². The Kier molecular flexibility index (Phi) is 7.65. The molecule has 40 heavy (non-hydrogen) atoms. The lowest BCUT2D eigenvalue weighted by molar-refractivity contribution is 0.109. The van der Waals surface area contributed by atoms with Crippen LogP contribution >= 0.6 is 0 Å². The molecule has 6 rings (SSSR count). The summed E-state index contributed by atoms with van der Waals surface area (Å²) in [6, 6.07) is 23.7. The first-order chi connectivity index (χ1) is 19.5. The number of hydrogen-bond donors (Lipinski definition) is 0. The van der Waals surface area contributed by atoms with Crippen LogP contribution in [0.4, 0.5) is 5.69 Å². The highest BCUT2D eigenvalue weighted by Gasteiger charge is 2.49. The van der Waals surface area contributed by atoms with E-state index in [4.69, 9.17) is 0 Å². The number of sulfone groups is 1. The quantitative estimate of drug-likeness (QED) is 0.365. The second-order valence-electron chi connectivity index (χ2n) is 11.6. The summed E-state index contributed by atoms with van der Waals surface area (Å²) < 4.78 is 25.7. The lowest BCUT2D eigenvalue weighted by Crippen LogP contribution is -2.53. The molecular weight excluding hydrogens is 516 g/mol. The molecule has 3 aromatic rings. The Morgan fingerprint density at radius 1 is 0.900 bits per heavy atom. The average Bonchev–Trinajstić information content (AvgIpc) is 3.53. The number of piperidine rings is 1. The molecule has 6 nitrogen and oxygen atoms in total. The molecule has 2 atom stereocenters. The molecule has 1 saturated carbocycles. The molecule has 0 bridgehead atoms. The predicted molar refractivity (Wildman–Crippen MR) is 156 cm³/mol. The number of rotatable bonds is 8. The first kappa shape index (κ1) is 27.0. The van der Waals surface area contributed by atoms with Gasteiger partial charge in [0.25, 0.3) is 0 Å². The SMILES string of the molecule is N#C[C@@](c1ccccc1)(C1CCN(CC2CN(c3ccc(S(=O)(=O)c4ccncc4)cc3)C2)CC1)[C@H]1[CH]CCC1. The Hall–Kier alpha value is -3.21. The number of pyridine rings is 1. The van der Waals surface area contributed by atoms with Crippen molar-refractivity contribution < 1.29 is 8.42 Å². The molecule has 3 heterocycles. The minimum Gasteiger partial charge on any atom is -0.371 e. The first-order valence-corrected chi connectivity index (χ1v) is 16.0. The Balaban J connectivity index is 1.04. The van der Waals surface area contributed by atoms with E-state index in [1.54, 1.807) is 12.1 Å². The molecule has 207 valence electrons. The summed E-state index contributed by atoms with van der Waals surface area (Å²) in [5.74, 6) is 1.34. The van der Waals surface area contributed by atoms with E-state index in [2.05, 4.69) is 51.5 Å². The standard InChI is InChI=1S/C33H37N4O2S/c34-25-33(28-8-4-5-9-28,27-6-2-1-3-7-27)29-16-20-36(21-17-29)22-26-23-37(24-26)30-10-12-31(13-11-30)40(38,39)32-14-18-35-19-15-32/h1-3,6-8,10-15,18-19,26,28-29H,4-5,9,16-17,20-24H2/t28-,33-/m0/s1. The van der Waals surface area contributed by atoms with Crippen LogP contribution in [0.3, 0.4) is 0 Å². The third-order valence-corrected chi connectivity index (χ3v) is 11.2. The second-order valence-corrected chi connectivity index (χ2v) is 13.6. The van der Waals surface area contributed by atoms with E-state index < -0.39 is 15.3 Å². The molecule has 0 spiro atoms. The number of anilines is 1. The molecule has 1 radical (unpaired) electrons. The normalized spacial score (nSPS) is 21.0. The summed E-state index contributed by atoms with van der Waals surface area (Å²) in [4.78, 5) is 9.40. The van der Waals surface area contributed by atoms with Gasteiger partial charge in [0.1, 0.15) is 0 Å². The van der Waals surface area contributed by atoms with Gasteiger partial charge in [0.15, 0.2) is 0 Å². The van der Waals surface area contributed by atoms with Crippen molar-refractivity contribution in [3.63, 3.8) is 0 Å². The van der Waals surface area contributed by atoms with Crippen molar-refractivity contribution in [2.75, 3.05) is 37.6 Å². The van der Waals surface area contributed by atoms with Crippen molar-refractivity contribution >= 4 is 15.5 Å². The van der Waals surface area contributed by atoms with E-state index in [-0.39, 0.29) is 4.90 Å². The summed E-state index contributed by atoms with van der Waals surface area (Å²) in [6.07, 6.45) is 11.0. The van der Waals surface area contributed by atoms with Gasteiger partial charge in [0.05, 0.1) is 21.3 Å². The number of benzene rings is 2. The fourth-order valence-electron chi connectivity index (χ4n) is 7.22. The van der Waals surface area contributed by atoms with E-state index >= 15 is 0 Å². The van der Waals surface area contributed by atoms with Crippen LogP contribution in [0.1, 0.15) is 37.7 Å². The van der Waals surface area contributed by atoms with E-state index in [1.807, 2.05) is 18.2 Å². The summed E-state index contributed by atoms with van der Waals surface area (Å²) in [7, 11) is -3.53. The van der Waals surface area contributed by atoms with Gasteiger partial charge in [-0.2, -0.15) is 5.26 Å². The number of nitriles is 1. The van der Waals surface area contributed by atoms with E-state index in [0.29, 0.717) is 22.6 Å². The molecule has 2 aliphatic heterocycles. The van der Waals surface area contributed by atoms with Gasteiger partial charge in [-0.05, 0) is 99.0 Å². The van der Waals surface area contributed by atoms with Gasteiger partial charge < -0.3 is 9.80 Å². The van der Waals surface area contributed by atoms with Crippen molar-refractivity contribution in [1.82, 2.24) is 9.88 Å². The molecule has 0 N–H and O–H groups in total. The fraction of sp³-hybridized carbons (Fsp3) is 0.424. The van der Waals surface area contributed by atoms with Crippen LogP contribution in [0, 0.1) is 35.5 Å². The Morgan fingerprint density at radius 2 is 1.57 bits per heavy atom. The second kappa shape index (κ2) is 11.3. The minimum absolute atomic E-state index is 0.264. The topological polar surface area (TPSA) is 77.3 Å². The van der Waals surface area contributed by atoms with E-state index in [1.165, 1.54) is 36.5 Å². The van der Waals surface area contributed by atoms with Crippen LogP contribution in [0.25, 0.3) is 0 Å². The molecule has 1 aliphatic carbocycles. The Labute approximate surface area is 238 Å². The zero-order valence-electron chi connectivity index (χ0n) is 22.9. The van der Waals surface area contributed by atoms with Crippen LogP contribution in [-0.4, -0.2) is 51.0 Å². The van der Waals surface area contributed by atoms with Gasteiger partial charge in [0, 0.05) is 43.6 Å². The summed E-state index contributed by atoms with van der Waals surface area (Å²) in [6.45, 7) is 5.15. The van der Waals surface area contributed by atoms with Crippen LogP contribution in [0.15, 0.2) is 88.9 Å². The largest absolute Gasteiger partial charge is 0.371 e. The molecular formula is C33H37N4O2S. The van der Waals surface area contributed by atoms with Gasteiger partial charge in [-0.25, -0.2) is 8.42 Å². The zero-order chi connectivity index (χ0) is 27.6. The molecule has 7 heteroatoms. The van der Waals surface area contributed by atoms with E-state index in [9.17, 15) is 13.7 Å². The molecule has 1 aromatic heterocycles. The van der Waals surface area contributed by atoms with Gasteiger partial charge in [-0.3, -0.25) is 4.98 Å². The van der Waals surface area contributed by atoms with E-state index in [0.717, 1.165) is 64.1 Å². The predicted octanol–water partition coefficient (Wildman–Crippen LogP) is 5.53. The van der Waals surface area contributed by atoms with Crippen LogP contribution in [-0.2, 0) is 15.3 Å². The summed E-state index contributed by atoms with van der Waals surface area (Å²) in [5.41, 5.74) is 1.86. The highest BCUT2D eigenvalue weighted by atomic mass is 32.2. The maximum Gasteiger partial charge on any atom is 0.206 e. The van der Waals surface area contributed by atoms with Crippen LogP contribution in [0.2, 0.25) is 0 Å². The fourth-order valence-corrected chi connectivity index (χ4v) is 8.46. The Bertz CT molecular complexity index is 1420. The molecule has 3 aliphatic rings. The maximum absolute atomic E-state index is 12.9. The first-order valence-electron chi connectivity index (χ1n) is 14.5. The molecule has 0 unspecified atom stereocenters. The zero-order valence-corrected chi connectivity index (χ0v) is 23.7. The molecule has 0 amide bonds. The van der Waals surface area contributed by atoms with Crippen molar-refractivity contribution in [3.05, 3.63) is 91.1 Å².